The summed E-state index contributed by atoms with van der Waals surface area (Å²) < 4.78 is 7.14. The van der Waals surface area contributed by atoms with Gasteiger partial charge in [-0.2, -0.15) is 5.10 Å². The number of likely N-dealkylation sites (tertiary alicyclic amines) is 1. The highest BCUT2D eigenvalue weighted by atomic mass is 16.6. The molecule has 158 valence electrons. The van der Waals surface area contributed by atoms with Gasteiger partial charge in [-0.15, -0.1) is 0 Å². The van der Waals surface area contributed by atoms with Crippen LogP contribution in [0.5, 0.6) is 0 Å². The third-order valence-corrected chi connectivity index (χ3v) is 5.21. The van der Waals surface area contributed by atoms with E-state index in [1.165, 1.54) is 0 Å². The normalized spacial score (nSPS) is 15.6. The van der Waals surface area contributed by atoms with Crippen LogP contribution >= 0.6 is 0 Å². The molecule has 2 heterocycles. The number of ether oxygens (including phenoxy) is 1. The molecule has 0 saturated carbocycles. The molecule has 1 aromatic heterocycles. The van der Waals surface area contributed by atoms with Crippen molar-refractivity contribution < 1.29 is 19.4 Å². The van der Waals surface area contributed by atoms with Gasteiger partial charge in [0.15, 0.2) is 0 Å². The second-order valence-electron chi connectivity index (χ2n) is 8.49. The predicted octanol–water partition coefficient (Wildman–Crippen LogP) is 3.50. The molecule has 8 nitrogen and oxygen atoms in total. The van der Waals surface area contributed by atoms with Crippen molar-refractivity contribution in [3.05, 3.63) is 23.9 Å². The first kappa shape index (κ1) is 21.0. The van der Waals surface area contributed by atoms with Crippen LogP contribution in [0.1, 0.15) is 50.9 Å². The smallest absolute Gasteiger partial charge is 0.410 e. The number of carbonyl (C=O) groups is 2. The number of carboxylic acids is 1. The van der Waals surface area contributed by atoms with Gasteiger partial charge in [0, 0.05) is 50.0 Å². The fourth-order valence-electron chi connectivity index (χ4n) is 3.94. The van der Waals surface area contributed by atoms with Crippen molar-refractivity contribution in [1.82, 2.24) is 14.7 Å². The van der Waals surface area contributed by atoms with Gasteiger partial charge in [-0.05, 0) is 52.7 Å². The molecule has 2 aromatic rings. The zero-order valence-corrected chi connectivity index (χ0v) is 17.8. The highest BCUT2D eigenvalue weighted by molar-refractivity contribution is 6.06. The molecule has 1 N–H and O–H groups in total. The molecule has 1 amide bonds. The number of fused-ring (bicyclic) bond motifs is 1. The lowest BCUT2D eigenvalue weighted by molar-refractivity contribution is 0.0204. The maximum atomic E-state index is 12.3. The Morgan fingerprint density at radius 1 is 1.28 bits per heavy atom. The summed E-state index contributed by atoms with van der Waals surface area (Å²) in [5, 5.41) is 14.7. The van der Waals surface area contributed by atoms with Crippen molar-refractivity contribution in [2.24, 2.45) is 7.05 Å². The molecule has 8 heteroatoms. The summed E-state index contributed by atoms with van der Waals surface area (Å²) in [5.41, 5.74) is 1.19. The number of rotatable bonds is 4. The third-order valence-electron chi connectivity index (χ3n) is 5.21. The lowest BCUT2D eigenvalue weighted by atomic mass is 10.0. The summed E-state index contributed by atoms with van der Waals surface area (Å²) >= 11 is 0. The number of carboxylic acid groups (broad SMARTS) is 1. The number of amides is 1. The van der Waals surface area contributed by atoms with Crippen LogP contribution in [-0.2, 0) is 11.8 Å². The van der Waals surface area contributed by atoms with E-state index in [2.05, 4.69) is 16.9 Å². The highest BCUT2D eigenvalue weighted by Crippen LogP contribution is 2.32. The number of benzene rings is 1. The standard InChI is InChI=1S/C21H30N4O4/c1-6-25(14-9-11-24(12-10-14)20(28)29-21(2,3)4)17-8-7-15(19(26)27)18-16(17)13-23(5)22-18/h7-8,13-14H,6,9-12H2,1-5H3,(H,26,27). The van der Waals surface area contributed by atoms with Crippen LogP contribution in [0.15, 0.2) is 18.3 Å². The molecule has 1 aliphatic rings. The van der Waals surface area contributed by atoms with Crippen molar-refractivity contribution in [3.8, 4) is 0 Å². The van der Waals surface area contributed by atoms with Gasteiger partial charge in [0.05, 0.1) is 5.56 Å². The maximum Gasteiger partial charge on any atom is 0.410 e. The van der Waals surface area contributed by atoms with E-state index >= 15 is 0 Å². The van der Waals surface area contributed by atoms with Crippen LogP contribution < -0.4 is 4.90 Å². The number of hydrogen-bond acceptors (Lipinski definition) is 5. The number of aryl methyl sites for hydroxylation is 1. The van der Waals surface area contributed by atoms with E-state index in [-0.39, 0.29) is 17.7 Å². The van der Waals surface area contributed by atoms with Crippen LogP contribution in [-0.4, -0.2) is 63.1 Å². The zero-order valence-electron chi connectivity index (χ0n) is 17.8. The Kier molecular flexibility index (Phi) is 5.73. The molecule has 0 atom stereocenters. The predicted molar refractivity (Wildman–Crippen MR) is 112 cm³/mol. The van der Waals surface area contributed by atoms with Gasteiger partial charge in [-0.1, -0.05) is 0 Å². The maximum absolute atomic E-state index is 12.3. The van der Waals surface area contributed by atoms with Crippen molar-refractivity contribution in [2.45, 2.75) is 52.2 Å². The summed E-state index contributed by atoms with van der Waals surface area (Å²) in [7, 11) is 1.80. The van der Waals surface area contributed by atoms with Crippen molar-refractivity contribution >= 4 is 28.7 Å². The molecule has 1 fully saturated rings. The van der Waals surface area contributed by atoms with E-state index in [4.69, 9.17) is 4.74 Å². The number of aromatic nitrogens is 2. The van der Waals surface area contributed by atoms with Gasteiger partial charge in [0.1, 0.15) is 11.1 Å². The van der Waals surface area contributed by atoms with Crippen molar-refractivity contribution in [2.75, 3.05) is 24.5 Å². The monoisotopic (exact) mass is 402 g/mol. The van der Waals surface area contributed by atoms with Gasteiger partial charge in [0.2, 0.25) is 0 Å². The first-order valence-electron chi connectivity index (χ1n) is 10.0. The molecular weight excluding hydrogens is 372 g/mol. The molecule has 1 aliphatic heterocycles. The molecule has 0 unspecified atom stereocenters. The average Bonchev–Trinajstić information content (AvgIpc) is 3.02. The Balaban J connectivity index is 1.80. The minimum atomic E-state index is -0.978. The summed E-state index contributed by atoms with van der Waals surface area (Å²) in [6, 6.07) is 3.76. The molecule has 1 saturated heterocycles. The van der Waals surface area contributed by atoms with Gasteiger partial charge in [-0.25, -0.2) is 9.59 Å². The average molecular weight is 402 g/mol. The number of carbonyl (C=O) groups excluding carboxylic acids is 1. The minimum absolute atomic E-state index is 0.208. The largest absolute Gasteiger partial charge is 0.478 e. The first-order valence-corrected chi connectivity index (χ1v) is 10.0. The van der Waals surface area contributed by atoms with Gasteiger partial charge >= 0.3 is 12.1 Å². The fourth-order valence-corrected chi connectivity index (χ4v) is 3.94. The van der Waals surface area contributed by atoms with Crippen LogP contribution in [0.4, 0.5) is 10.5 Å². The molecule has 1 aromatic carbocycles. The van der Waals surface area contributed by atoms with Gasteiger partial charge in [-0.3, -0.25) is 4.68 Å². The van der Waals surface area contributed by atoms with Crippen molar-refractivity contribution in [1.29, 1.82) is 0 Å². The summed E-state index contributed by atoms with van der Waals surface area (Å²) in [4.78, 5) is 28.0. The highest BCUT2D eigenvalue weighted by Gasteiger charge is 2.30. The van der Waals surface area contributed by atoms with E-state index in [1.807, 2.05) is 33.0 Å². The van der Waals surface area contributed by atoms with E-state index in [0.717, 1.165) is 30.5 Å². The van der Waals surface area contributed by atoms with E-state index in [1.54, 1.807) is 22.7 Å². The lowest BCUT2D eigenvalue weighted by Crippen LogP contribution is -2.48. The Bertz CT molecular complexity index is 907. The van der Waals surface area contributed by atoms with Crippen LogP contribution in [0.25, 0.3) is 10.9 Å². The Morgan fingerprint density at radius 3 is 2.48 bits per heavy atom. The zero-order chi connectivity index (χ0) is 21.3. The number of nitrogens with zero attached hydrogens (tertiary/aromatic N) is 4. The second kappa shape index (κ2) is 7.93. The number of piperidine rings is 1. The fraction of sp³-hybridized carbons (Fsp3) is 0.571. The summed E-state index contributed by atoms with van der Waals surface area (Å²) in [5.74, 6) is -0.978. The number of aromatic carboxylic acids is 1. The molecule has 0 spiro atoms. The van der Waals surface area contributed by atoms with E-state index in [9.17, 15) is 14.7 Å². The van der Waals surface area contributed by atoms with Crippen LogP contribution in [0.2, 0.25) is 0 Å². The quantitative estimate of drug-likeness (QED) is 0.842. The SMILES string of the molecule is CCN(c1ccc(C(=O)O)c2nn(C)cc12)C1CCN(C(=O)OC(C)(C)C)CC1. The Hall–Kier alpha value is -2.77. The van der Waals surface area contributed by atoms with E-state index < -0.39 is 11.6 Å². The lowest BCUT2D eigenvalue weighted by Gasteiger charge is -2.39. The van der Waals surface area contributed by atoms with E-state index in [0.29, 0.717) is 18.6 Å². The second-order valence-corrected chi connectivity index (χ2v) is 8.49. The van der Waals surface area contributed by atoms with Gasteiger partial charge in [0.25, 0.3) is 0 Å². The molecule has 0 bridgehead atoms. The molecule has 0 radical (unpaired) electrons. The topological polar surface area (TPSA) is 87.9 Å². The number of anilines is 1. The third kappa shape index (κ3) is 4.46. The Labute approximate surface area is 171 Å². The molecular formula is C21H30N4O4. The Morgan fingerprint density at radius 2 is 1.93 bits per heavy atom. The molecule has 3 rings (SSSR count). The number of hydrogen-bond donors (Lipinski definition) is 1. The van der Waals surface area contributed by atoms with Crippen LogP contribution in [0.3, 0.4) is 0 Å². The summed E-state index contributed by atoms with van der Waals surface area (Å²) in [6.45, 7) is 9.77. The summed E-state index contributed by atoms with van der Waals surface area (Å²) in [6.07, 6.45) is 3.26. The molecule has 0 aliphatic carbocycles. The van der Waals surface area contributed by atoms with Crippen LogP contribution in [0, 0.1) is 0 Å². The first-order chi connectivity index (χ1) is 13.6. The van der Waals surface area contributed by atoms with Gasteiger partial charge < -0.3 is 19.6 Å². The molecule has 29 heavy (non-hydrogen) atoms. The van der Waals surface area contributed by atoms with Crippen molar-refractivity contribution in [3.63, 3.8) is 0 Å². The minimum Gasteiger partial charge on any atom is -0.478 e.